The van der Waals surface area contributed by atoms with Gasteiger partial charge in [0.15, 0.2) is 0 Å². The topological polar surface area (TPSA) is 59.6 Å². The molecule has 2 aromatic rings. The van der Waals surface area contributed by atoms with Crippen LogP contribution in [0, 0.1) is 0 Å². The van der Waals surface area contributed by atoms with Crippen molar-refractivity contribution in [3.8, 4) is 0 Å². The maximum absolute atomic E-state index is 12.0. The van der Waals surface area contributed by atoms with Crippen molar-refractivity contribution in [3.05, 3.63) is 35.5 Å². The van der Waals surface area contributed by atoms with E-state index < -0.39 is 5.60 Å². The highest BCUT2D eigenvalue weighted by molar-refractivity contribution is 5.84. The minimum absolute atomic E-state index is 0.210. The zero-order valence-corrected chi connectivity index (χ0v) is 18.6. The summed E-state index contributed by atoms with van der Waals surface area (Å²) in [5.41, 5.74) is 3.45. The SMILES string of the molecule is CN(C)C(=O)CCN1CCCC1Cc1c[nH]c2ccc(CCC3(O)CCCC3)cc12. The number of fused-ring (bicyclic) bond motifs is 1. The zero-order chi connectivity index (χ0) is 21.1. The van der Waals surface area contributed by atoms with Gasteiger partial charge in [-0.25, -0.2) is 0 Å². The molecule has 1 aromatic heterocycles. The van der Waals surface area contributed by atoms with Gasteiger partial charge in [-0.05, 0) is 74.8 Å². The number of carbonyl (C=O) groups excluding carboxylic acids is 1. The second-order valence-corrected chi connectivity index (χ2v) is 9.70. The maximum Gasteiger partial charge on any atom is 0.223 e. The molecule has 4 rings (SSSR count). The Morgan fingerprint density at radius 3 is 2.83 bits per heavy atom. The van der Waals surface area contributed by atoms with Crippen LogP contribution in [0.4, 0.5) is 0 Å². The lowest BCUT2D eigenvalue weighted by molar-refractivity contribution is -0.129. The molecule has 5 heteroatoms. The lowest BCUT2D eigenvalue weighted by Crippen LogP contribution is -2.35. The fourth-order valence-electron chi connectivity index (χ4n) is 5.35. The predicted molar refractivity (Wildman–Crippen MR) is 122 cm³/mol. The molecule has 1 aliphatic carbocycles. The van der Waals surface area contributed by atoms with Crippen LogP contribution in [0.3, 0.4) is 0 Å². The molecular weight excluding hydrogens is 374 g/mol. The molecule has 2 aliphatic rings. The molecule has 0 radical (unpaired) electrons. The molecule has 1 unspecified atom stereocenters. The Balaban J connectivity index is 1.41. The number of H-pyrrole nitrogens is 1. The van der Waals surface area contributed by atoms with Crippen molar-refractivity contribution in [2.24, 2.45) is 0 Å². The number of nitrogens with zero attached hydrogens (tertiary/aromatic N) is 2. The number of hydrogen-bond donors (Lipinski definition) is 2. The summed E-state index contributed by atoms with van der Waals surface area (Å²) in [6.07, 6.45) is 12.3. The van der Waals surface area contributed by atoms with Crippen LogP contribution >= 0.6 is 0 Å². The number of amides is 1. The lowest BCUT2D eigenvalue weighted by atomic mass is 9.92. The van der Waals surface area contributed by atoms with Gasteiger partial charge < -0.3 is 15.0 Å². The molecule has 1 saturated heterocycles. The zero-order valence-electron chi connectivity index (χ0n) is 18.6. The Morgan fingerprint density at radius 1 is 1.27 bits per heavy atom. The Kier molecular flexibility index (Phi) is 6.49. The molecule has 2 fully saturated rings. The van der Waals surface area contributed by atoms with Gasteiger partial charge in [0.25, 0.3) is 0 Å². The van der Waals surface area contributed by atoms with Crippen molar-refractivity contribution in [2.45, 2.75) is 75.9 Å². The molecule has 1 saturated carbocycles. The smallest absolute Gasteiger partial charge is 0.223 e. The number of aromatic amines is 1. The summed E-state index contributed by atoms with van der Waals surface area (Å²) in [5.74, 6) is 0.210. The number of nitrogens with one attached hydrogen (secondary N) is 1. The molecule has 5 nitrogen and oxygen atoms in total. The number of aryl methyl sites for hydroxylation is 1. The van der Waals surface area contributed by atoms with E-state index in [-0.39, 0.29) is 5.91 Å². The van der Waals surface area contributed by atoms with E-state index in [2.05, 4.69) is 34.3 Å². The summed E-state index contributed by atoms with van der Waals surface area (Å²) in [6.45, 7) is 1.95. The highest BCUT2D eigenvalue weighted by Crippen LogP contribution is 2.34. The van der Waals surface area contributed by atoms with Crippen LogP contribution in [0.1, 0.15) is 62.5 Å². The summed E-state index contributed by atoms with van der Waals surface area (Å²) in [4.78, 5) is 19.6. The summed E-state index contributed by atoms with van der Waals surface area (Å²) in [7, 11) is 3.66. The quantitative estimate of drug-likeness (QED) is 0.693. The van der Waals surface area contributed by atoms with Gasteiger partial charge in [-0.3, -0.25) is 9.69 Å². The summed E-state index contributed by atoms with van der Waals surface area (Å²) < 4.78 is 0. The second kappa shape index (κ2) is 9.11. The fraction of sp³-hybridized carbons (Fsp3) is 0.640. The van der Waals surface area contributed by atoms with E-state index >= 15 is 0 Å². The Morgan fingerprint density at radius 2 is 2.07 bits per heavy atom. The minimum atomic E-state index is -0.440. The van der Waals surface area contributed by atoms with Gasteiger partial charge in [0.05, 0.1) is 5.60 Å². The van der Waals surface area contributed by atoms with Crippen LogP contribution in [0.5, 0.6) is 0 Å². The van der Waals surface area contributed by atoms with E-state index in [1.54, 1.807) is 4.90 Å². The lowest BCUT2D eigenvalue weighted by Gasteiger charge is -2.25. The van der Waals surface area contributed by atoms with Gasteiger partial charge in [0.2, 0.25) is 5.91 Å². The first-order chi connectivity index (χ1) is 14.4. The number of rotatable bonds is 8. The number of likely N-dealkylation sites (tertiary alicyclic amines) is 1. The van der Waals surface area contributed by atoms with Gasteiger partial charge in [0.1, 0.15) is 0 Å². The first kappa shape index (κ1) is 21.4. The van der Waals surface area contributed by atoms with E-state index in [1.165, 1.54) is 34.9 Å². The van der Waals surface area contributed by atoms with Crippen molar-refractivity contribution in [2.75, 3.05) is 27.2 Å². The Labute approximate surface area is 180 Å². The molecule has 30 heavy (non-hydrogen) atoms. The number of benzene rings is 1. The highest BCUT2D eigenvalue weighted by Gasteiger charge is 2.30. The normalized spacial score (nSPS) is 21.5. The van der Waals surface area contributed by atoms with E-state index in [0.717, 1.165) is 58.0 Å². The summed E-state index contributed by atoms with van der Waals surface area (Å²) in [5, 5.41) is 12.0. The molecular formula is C25H37N3O2. The monoisotopic (exact) mass is 411 g/mol. The van der Waals surface area contributed by atoms with E-state index in [0.29, 0.717) is 12.5 Å². The number of aliphatic hydroxyl groups is 1. The third-order valence-electron chi connectivity index (χ3n) is 7.31. The Hall–Kier alpha value is -1.85. The van der Waals surface area contributed by atoms with Gasteiger partial charge >= 0.3 is 0 Å². The number of carbonyl (C=O) groups is 1. The molecule has 2 heterocycles. The van der Waals surface area contributed by atoms with Crippen molar-refractivity contribution < 1.29 is 9.90 Å². The molecule has 0 bridgehead atoms. The van der Waals surface area contributed by atoms with Gasteiger partial charge in [-0.15, -0.1) is 0 Å². The van der Waals surface area contributed by atoms with Crippen molar-refractivity contribution in [1.29, 1.82) is 0 Å². The molecule has 1 amide bonds. The largest absolute Gasteiger partial charge is 0.390 e. The van der Waals surface area contributed by atoms with Gasteiger partial charge in [-0.1, -0.05) is 18.9 Å². The van der Waals surface area contributed by atoms with Gasteiger partial charge in [0, 0.05) is 50.2 Å². The van der Waals surface area contributed by atoms with Crippen molar-refractivity contribution in [3.63, 3.8) is 0 Å². The molecule has 164 valence electrons. The van der Waals surface area contributed by atoms with E-state index in [1.807, 2.05) is 14.1 Å². The van der Waals surface area contributed by atoms with Gasteiger partial charge in [-0.2, -0.15) is 0 Å². The molecule has 1 aromatic carbocycles. The predicted octanol–water partition coefficient (Wildman–Crippen LogP) is 3.89. The highest BCUT2D eigenvalue weighted by atomic mass is 16.3. The minimum Gasteiger partial charge on any atom is -0.390 e. The fourth-order valence-corrected chi connectivity index (χ4v) is 5.35. The molecule has 0 spiro atoms. The van der Waals surface area contributed by atoms with Crippen LogP contribution in [-0.4, -0.2) is 64.6 Å². The standard InChI is InChI=1S/C25H37N3O2/c1-27(2)24(29)10-15-28-14-5-6-21(28)17-20-18-26-23-8-7-19(16-22(20)23)9-13-25(30)11-3-4-12-25/h7-8,16,18,21,26,30H,3-6,9-15,17H2,1-2H3. The summed E-state index contributed by atoms with van der Waals surface area (Å²) in [6, 6.07) is 7.24. The number of hydrogen-bond acceptors (Lipinski definition) is 3. The molecule has 2 N–H and O–H groups in total. The van der Waals surface area contributed by atoms with E-state index in [4.69, 9.17) is 0 Å². The van der Waals surface area contributed by atoms with Crippen LogP contribution in [0.15, 0.2) is 24.4 Å². The van der Waals surface area contributed by atoms with E-state index in [9.17, 15) is 9.90 Å². The first-order valence-corrected chi connectivity index (χ1v) is 11.7. The third-order valence-corrected chi connectivity index (χ3v) is 7.31. The third kappa shape index (κ3) is 4.89. The second-order valence-electron chi connectivity index (χ2n) is 9.70. The van der Waals surface area contributed by atoms with Crippen LogP contribution in [0.25, 0.3) is 10.9 Å². The average molecular weight is 412 g/mol. The Bertz CT molecular complexity index is 866. The maximum atomic E-state index is 12.0. The average Bonchev–Trinajstić information content (AvgIpc) is 3.46. The van der Waals surface area contributed by atoms with Crippen molar-refractivity contribution in [1.82, 2.24) is 14.8 Å². The van der Waals surface area contributed by atoms with Crippen LogP contribution in [0.2, 0.25) is 0 Å². The number of aromatic nitrogens is 1. The summed E-state index contributed by atoms with van der Waals surface area (Å²) >= 11 is 0. The van der Waals surface area contributed by atoms with Crippen LogP contribution < -0.4 is 0 Å². The van der Waals surface area contributed by atoms with Crippen LogP contribution in [-0.2, 0) is 17.6 Å². The van der Waals surface area contributed by atoms with Crippen molar-refractivity contribution >= 4 is 16.8 Å². The first-order valence-electron chi connectivity index (χ1n) is 11.7. The molecule has 1 atom stereocenters. The molecule has 1 aliphatic heterocycles.